The topological polar surface area (TPSA) is 86.2 Å². The van der Waals surface area contributed by atoms with Gasteiger partial charge in [-0.1, -0.05) is 29.3 Å². The summed E-state index contributed by atoms with van der Waals surface area (Å²) in [5.41, 5.74) is 0.913. The molecule has 0 atom stereocenters. The zero-order chi connectivity index (χ0) is 19.9. The van der Waals surface area contributed by atoms with Crippen LogP contribution < -0.4 is 11.2 Å². The number of halogens is 2. The van der Waals surface area contributed by atoms with Crippen molar-refractivity contribution in [2.45, 2.75) is 26.4 Å². The number of carboxylic acid groups (broad SMARTS) is 1. The Morgan fingerprint density at radius 3 is 2.48 bits per heavy atom. The molecule has 0 radical (unpaired) electrons. The number of fused-ring (bicyclic) bond motifs is 1. The van der Waals surface area contributed by atoms with Crippen molar-refractivity contribution in [3.8, 4) is 0 Å². The van der Waals surface area contributed by atoms with E-state index in [2.05, 4.69) is 0 Å². The minimum absolute atomic E-state index is 0.0450. The number of aromatic nitrogens is 3. The lowest BCUT2D eigenvalue weighted by Crippen LogP contribution is -2.39. The minimum atomic E-state index is -1.03. The van der Waals surface area contributed by atoms with Gasteiger partial charge in [-0.25, -0.2) is 4.79 Å². The van der Waals surface area contributed by atoms with Crippen LogP contribution in [0.15, 0.2) is 33.9 Å². The SMILES string of the molecule is Cc1cc2c(=O)n(C)c(=O)n(CCC(=O)O)c2n1Cc1ccc(Cl)cc1Cl. The smallest absolute Gasteiger partial charge is 0.332 e. The van der Waals surface area contributed by atoms with Crippen LogP contribution in [0.3, 0.4) is 0 Å². The standard InChI is InChI=1S/C18H17Cl2N3O4/c1-10-7-13-16(23(10)9-11-3-4-12(19)8-14(11)20)22(6-5-15(24)25)18(27)21(2)17(13)26/h3-4,7-8H,5-6,9H2,1-2H3,(H,24,25). The van der Waals surface area contributed by atoms with Crippen molar-refractivity contribution in [3.05, 3.63) is 66.4 Å². The van der Waals surface area contributed by atoms with Crippen LogP contribution in [0, 0.1) is 6.92 Å². The summed E-state index contributed by atoms with van der Waals surface area (Å²) in [6, 6.07) is 6.80. The van der Waals surface area contributed by atoms with Crippen LogP contribution in [0.4, 0.5) is 0 Å². The fourth-order valence-electron chi connectivity index (χ4n) is 3.08. The number of benzene rings is 1. The number of carbonyl (C=O) groups is 1. The quantitative estimate of drug-likeness (QED) is 0.701. The molecule has 0 aliphatic heterocycles. The Bertz CT molecular complexity index is 1170. The van der Waals surface area contributed by atoms with Gasteiger partial charge in [0.25, 0.3) is 5.56 Å². The van der Waals surface area contributed by atoms with E-state index < -0.39 is 17.2 Å². The Morgan fingerprint density at radius 2 is 1.85 bits per heavy atom. The molecule has 0 aliphatic carbocycles. The van der Waals surface area contributed by atoms with Gasteiger partial charge in [0.05, 0.1) is 18.4 Å². The molecule has 9 heteroatoms. The molecule has 7 nitrogen and oxygen atoms in total. The number of hydrogen-bond donors (Lipinski definition) is 1. The predicted molar refractivity (Wildman–Crippen MR) is 104 cm³/mol. The lowest BCUT2D eigenvalue weighted by atomic mass is 10.2. The second-order valence-corrected chi connectivity index (χ2v) is 7.13. The highest BCUT2D eigenvalue weighted by Gasteiger charge is 2.18. The molecule has 1 aromatic carbocycles. The van der Waals surface area contributed by atoms with Gasteiger partial charge in [-0.2, -0.15) is 0 Å². The van der Waals surface area contributed by atoms with Crippen LogP contribution in [-0.4, -0.2) is 24.8 Å². The molecule has 142 valence electrons. The van der Waals surface area contributed by atoms with Gasteiger partial charge in [-0.05, 0) is 30.7 Å². The van der Waals surface area contributed by atoms with E-state index in [1.54, 1.807) is 28.8 Å². The van der Waals surface area contributed by atoms with Crippen LogP contribution >= 0.6 is 23.2 Å². The largest absolute Gasteiger partial charge is 0.481 e. The fourth-order valence-corrected chi connectivity index (χ4v) is 3.55. The van der Waals surface area contributed by atoms with Crippen LogP contribution in [0.2, 0.25) is 10.0 Å². The zero-order valence-electron chi connectivity index (χ0n) is 14.7. The number of nitrogens with zero attached hydrogens (tertiary/aromatic N) is 3. The summed E-state index contributed by atoms with van der Waals surface area (Å²) in [4.78, 5) is 36.2. The first-order chi connectivity index (χ1) is 12.7. The number of aryl methyl sites for hydroxylation is 2. The second kappa shape index (κ2) is 7.25. The summed E-state index contributed by atoms with van der Waals surface area (Å²) < 4.78 is 4.10. The third-order valence-electron chi connectivity index (χ3n) is 4.48. The van der Waals surface area contributed by atoms with E-state index in [9.17, 15) is 14.4 Å². The number of carboxylic acids is 1. The molecule has 0 fully saturated rings. The number of rotatable bonds is 5. The molecular formula is C18H17Cl2N3O4. The van der Waals surface area contributed by atoms with Crippen LogP contribution in [-0.2, 0) is 24.9 Å². The van der Waals surface area contributed by atoms with E-state index in [1.807, 2.05) is 6.92 Å². The van der Waals surface area contributed by atoms with Gasteiger partial charge < -0.3 is 9.67 Å². The summed E-state index contributed by atoms with van der Waals surface area (Å²) in [5, 5.41) is 10.3. The van der Waals surface area contributed by atoms with Crippen molar-refractivity contribution in [2.75, 3.05) is 0 Å². The van der Waals surface area contributed by atoms with Crippen molar-refractivity contribution >= 4 is 40.2 Å². The molecule has 0 bridgehead atoms. The maximum atomic E-state index is 12.6. The van der Waals surface area contributed by atoms with E-state index in [0.717, 1.165) is 15.8 Å². The summed E-state index contributed by atoms with van der Waals surface area (Å²) in [7, 11) is 1.38. The third-order valence-corrected chi connectivity index (χ3v) is 5.06. The monoisotopic (exact) mass is 409 g/mol. The van der Waals surface area contributed by atoms with Crippen LogP contribution in [0.5, 0.6) is 0 Å². The van der Waals surface area contributed by atoms with Crippen LogP contribution in [0.1, 0.15) is 17.7 Å². The van der Waals surface area contributed by atoms with Crippen molar-refractivity contribution in [1.29, 1.82) is 0 Å². The lowest BCUT2D eigenvalue weighted by Gasteiger charge is -2.15. The average Bonchev–Trinajstić information content (AvgIpc) is 2.92. The Labute approximate surface area is 164 Å². The Balaban J connectivity index is 2.26. The molecule has 0 saturated heterocycles. The molecule has 2 heterocycles. The maximum Gasteiger partial charge on any atom is 0.332 e. The molecule has 3 aromatic rings. The summed E-state index contributed by atoms with van der Waals surface area (Å²) in [5.74, 6) is -1.03. The van der Waals surface area contributed by atoms with E-state index in [1.165, 1.54) is 11.6 Å². The van der Waals surface area contributed by atoms with Crippen molar-refractivity contribution in [2.24, 2.45) is 7.05 Å². The van der Waals surface area contributed by atoms with Gasteiger partial charge in [0.2, 0.25) is 0 Å². The van der Waals surface area contributed by atoms with Gasteiger partial charge in [0, 0.05) is 29.3 Å². The predicted octanol–water partition coefficient (Wildman–Crippen LogP) is 2.64. The number of hydrogen-bond acceptors (Lipinski definition) is 3. The Morgan fingerprint density at radius 1 is 1.15 bits per heavy atom. The van der Waals surface area contributed by atoms with Gasteiger partial charge >= 0.3 is 11.7 Å². The van der Waals surface area contributed by atoms with E-state index in [0.29, 0.717) is 27.6 Å². The van der Waals surface area contributed by atoms with E-state index >= 15 is 0 Å². The first-order valence-electron chi connectivity index (χ1n) is 8.16. The molecule has 3 rings (SSSR count). The first-order valence-corrected chi connectivity index (χ1v) is 8.91. The van der Waals surface area contributed by atoms with E-state index in [-0.39, 0.29) is 13.0 Å². The summed E-state index contributed by atoms with van der Waals surface area (Å²) in [6.07, 6.45) is -0.237. The molecule has 2 aromatic heterocycles. The van der Waals surface area contributed by atoms with Crippen LogP contribution in [0.25, 0.3) is 11.0 Å². The Kier molecular flexibility index (Phi) is 5.17. The normalized spacial score (nSPS) is 11.3. The fraction of sp³-hybridized carbons (Fsp3) is 0.278. The second-order valence-electron chi connectivity index (χ2n) is 6.29. The summed E-state index contributed by atoms with van der Waals surface area (Å²) in [6.45, 7) is 2.08. The third kappa shape index (κ3) is 3.52. The van der Waals surface area contributed by atoms with Gasteiger partial charge in [-0.15, -0.1) is 0 Å². The van der Waals surface area contributed by atoms with Gasteiger partial charge in [0.1, 0.15) is 5.65 Å². The molecular weight excluding hydrogens is 393 g/mol. The molecule has 1 N–H and O–H groups in total. The minimum Gasteiger partial charge on any atom is -0.481 e. The highest BCUT2D eigenvalue weighted by molar-refractivity contribution is 6.35. The van der Waals surface area contributed by atoms with Crippen molar-refractivity contribution < 1.29 is 9.90 Å². The van der Waals surface area contributed by atoms with Gasteiger partial charge in [0.15, 0.2) is 0 Å². The zero-order valence-corrected chi connectivity index (χ0v) is 16.2. The molecule has 27 heavy (non-hydrogen) atoms. The molecule has 0 amide bonds. The number of aliphatic carboxylic acids is 1. The highest BCUT2D eigenvalue weighted by atomic mass is 35.5. The highest BCUT2D eigenvalue weighted by Crippen LogP contribution is 2.24. The first kappa shape index (κ1) is 19.3. The van der Waals surface area contributed by atoms with Gasteiger partial charge in [-0.3, -0.25) is 18.7 Å². The molecule has 0 aliphatic rings. The summed E-state index contributed by atoms with van der Waals surface area (Å²) >= 11 is 12.2. The Hall–Kier alpha value is -2.51. The molecule has 0 saturated carbocycles. The maximum absolute atomic E-state index is 12.6. The molecule has 0 spiro atoms. The molecule has 0 unspecified atom stereocenters. The average molecular weight is 410 g/mol. The van der Waals surface area contributed by atoms with Crippen molar-refractivity contribution in [1.82, 2.24) is 13.7 Å². The van der Waals surface area contributed by atoms with Crippen molar-refractivity contribution in [3.63, 3.8) is 0 Å². The van der Waals surface area contributed by atoms with E-state index in [4.69, 9.17) is 28.3 Å². The lowest BCUT2D eigenvalue weighted by molar-refractivity contribution is -0.137.